The lowest BCUT2D eigenvalue weighted by Gasteiger charge is -2.22. The Bertz CT molecular complexity index is 792. The zero-order chi connectivity index (χ0) is 21.2. The molecule has 2 rings (SSSR count). The van der Waals surface area contributed by atoms with Gasteiger partial charge in [-0.1, -0.05) is 67.5 Å². The van der Waals surface area contributed by atoms with Gasteiger partial charge < -0.3 is 0 Å². The standard InChI is InChI=1S/C23H38N2O2S/c1-14(2)18-12-20(16(5)6)23(21(13-18)17(7)8)28(26,27)25-24-22-11-9-10-19(22)15(3)4/h12-17,19,25H,9-11H2,1-8H3/b24-22+. The van der Waals surface area contributed by atoms with E-state index in [1.807, 2.05) is 0 Å². The molecule has 158 valence electrons. The zero-order valence-electron chi connectivity index (χ0n) is 18.8. The van der Waals surface area contributed by atoms with Crippen molar-refractivity contribution in [2.24, 2.45) is 16.9 Å². The smallest absolute Gasteiger partial charge is 0.200 e. The van der Waals surface area contributed by atoms with Gasteiger partial charge in [0.25, 0.3) is 10.0 Å². The molecule has 0 amide bonds. The Kier molecular flexibility index (Phi) is 7.35. The van der Waals surface area contributed by atoms with Crippen LogP contribution in [0.5, 0.6) is 0 Å². The SMILES string of the molecule is CC(C)c1cc(C(C)C)c(S(=O)(=O)N/N=C2\CCCC2C(C)C)c(C(C)C)c1. The average molecular weight is 407 g/mol. The molecule has 1 aromatic carbocycles. The van der Waals surface area contributed by atoms with Crippen LogP contribution in [0.2, 0.25) is 0 Å². The van der Waals surface area contributed by atoms with Crippen LogP contribution < -0.4 is 4.83 Å². The highest BCUT2D eigenvalue weighted by atomic mass is 32.2. The van der Waals surface area contributed by atoms with Gasteiger partial charge in [-0.05, 0) is 59.6 Å². The normalized spacial score (nSPS) is 19.6. The summed E-state index contributed by atoms with van der Waals surface area (Å²) in [5.41, 5.74) is 3.95. The molecule has 0 aromatic heterocycles. The number of hydrogen-bond donors (Lipinski definition) is 1. The summed E-state index contributed by atoms with van der Waals surface area (Å²) in [5.74, 6) is 1.44. The topological polar surface area (TPSA) is 58.5 Å². The van der Waals surface area contributed by atoms with Crippen LogP contribution in [0.4, 0.5) is 0 Å². The minimum atomic E-state index is -3.73. The largest absolute Gasteiger partial charge is 0.277 e. The van der Waals surface area contributed by atoms with Crippen molar-refractivity contribution in [3.05, 3.63) is 28.8 Å². The van der Waals surface area contributed by atoms with Crippen molar-refractivity contribution < 1.29 is 8.42 Å². The maximum absolute atomic E-state index is 13.4. The van der Waals surface area contributed by atoms with Gasteiger partial charge in [0.15, 0.2) is 0 Å². The van der Waals surface area contributed by atoms with Crippen molar-refractivity contribution in [3.8, 4) is 0 Å². The minimum absolute atomic E-state index is 0.116. The maximum atomic E-state index is 13.4. The van der Waals surface area contributed by atoms with Crippen molar-refractivity contribution in [2.75, 3.05) is 0 Å². The lowest BCUT2D eigenvalue weighted by molar-refractivity contribution is 0.485. The molecule has 1 aliphatic carbocycles. The number of nitrogens with zero attached hydrogens (tertiary/aromatic N) is 1. The fourth-order valence-electron chi connectivity index (χ4n) is 4.08. The Morgan fingerprint density at radius 3 is 1.89 bits per heavy atom. The van der Waals surface area contributed by atoms with Crippen LogP contribution in [-0.2, 0) is 10.0 Å². The van der Waals surface area contributed by atoms with Crippen LogP contribution in [0.15, 0.2) is 22.1 Å². The van der Waals surface area contributed by atoms with Crippen molar-refractivity contribution in [1.82, 2.24) is 4.83 Å². The van der Waals surface area contributed by atoms with E-state index < -0.39 is 10.0 Å². The molecule has 0 heterocycles. The number of rotatable bonds is 7. The second-order valence-corrected chi connectivity index (χ2v) is 11.0. The Hall–Kier alpha value is -1.36. The molecule has 1 aromatic rings. The molecule has 5 heteroatoms. The van der Waals surface area contributed by atoms with E-state index in [0.29, 0.717) is 22.6 Å². The minimum Gasteiger partial charge on any atom is -0.200 e. The third-order valence-corrected chi connectivity index (χ3v) is 7.18. The van der Waals surface area contributed by atoms with Gasteiger partial charge in [0.2, 0.25) is 0 Å². The summed E-state index contributed by atoms with van der Waals surface area (Å²) < 4.78 is 26.8. The van der Waals surface area contributed by atoms with Crippen LogP contribution >= 0.6 is 0 Å². The van der Waals surface area contributed by atoms with Crippen LogP contribution in [0.1, 0.15) is 109 Å². The molecule has 1 saturated carbocycles. The van der Waals surface area contributed by atoms with Gasteiger partial charge in [0.05, 0.1) is 4.90 Å². The van der Waals surface area contributed by atoms with Gasteiger partial charge in [0, 0.05) is 11.6 Å². The average Bonchev–Trinajstić information content (AvgIpc) is 3.07. The first-order chi connectivity index (χ1) is 13.0. The fraction of sp³-hybridized carbons (Fsp3) is 0.696. The number of sulfonamides is 1. The van der Waals surface area contributed by atoms with Crippen molar-refractivity contribution in [2.45, 2.75) is 97.3 Å². The van der Waals surface area contributed by atoms with Crippen LogP contribution in [0, 0.1) is 11.8 Å². The molecule has 1 aliphatic rings. The van der Waals surface area contributed by atoms with Gasteiger partial charge >= 0.3 is 0 Å². The number of benzene rings is 1. The van der Waals surface area contributed by atoms with Gasteiger partial charge in [-0.2, -0.15) is 13.5 Å². The number of nitrogens with one attached hydrogen (secondary N) is 1. The lowest BCUT2D eigenvalue weighted by Crippen LogP contribution is -2.25. The van der Waals surface area contributed by atoms with Gasteiger partial charge in [-0.25, -0.2) is 4.83 Å². The van der Waals surface area contributed by atoms with E-state index >= 15 is 0 Å². The zero-order valence-corrected chi connectivity index (χ0v) is 19.7. The highest BCUT2D eigenvalue weighted by Crippen LogP contribution is 2.35. The predicted octanol–water partition coefficient (Wildman–Crippen LogP) is 6.15. The third kappa shape index (κ3) is 4.97. The van der Waals surface area contributed by atoms with Crippen molar-refractivity contribution >= 4 is 15.7 Å². The predicted molar refractivity (Wildman–Crippen MR) is 119 cm³/mol. The van der Waals surface area contributed by atoms with Crippen LogP contribution in [0.3, 0.4) is 0 Å². The number of hydrogen-bond acceptors (Lipinski definition) is 3. The quantitative estimate of drug-likeness (QED) is 0.552. The molecule has 0 aliphatic heterocycles. The summed E-state index contributed by atoms with van der Waals surface area (Å²) in [6.45, 7) is 16.9. The Morgan fingerprint density at radius 2 is 1.46 bits per heavy atom. The Morgan fingerprint density at radius 1 is 0.929 bits per heavy atom. The second kappa shape index (κ2) is 8.98. The first-order valence-electron chi connectivity index (χ1n) is 10.7. The third-order valence-electron chi connectivity index (χ3n) is 5.84. The molecule has 1 fully saturated rings. The van der Waals surface area contributed by atoms with E-state index in [2.05, 4.69) is 77.5 Å². The van der Waals surface area contributed by atoms with Gasteiger partial charge in [-0.15, -0.1) is 0 Å². The molecule has 0 bridgehead atoms. The van der Waals surface area contributed by atoms with Crippen molar-refractivity contribution in [3.63, 3.8) is 0 Å². The molecule has 1 N–H and O–H groups in total. The monoisotopic (exact) mass is 406 g/mol. The Balaban J connectivity index is 2.55. The van der Waals surface area contributed by atoms with Crippen molar-refractivity contribution in [1.29, 1.82) is 0 Å². The molecule has 0 radical (unpaired) electrons. The van der Waals surface area contributed by atoms with Crippen LogP contribution in [-0.4, -0.2) is 14.1 Å². The Labute approximate surface area is 172 Å². The summed E-state index contributed by atoms with van der Waals surface area (Å²) in [5, 5.41) is 4.41. The molecule has 0 saturated heterocycles. The molecule has 1 atom stereocenters. The summed E-state index contributed by atoms with van der Waals surface area (Å²) >= 11 is 0. The second-order valence-electron chi connectivity index (χ2n) is 9.43. The van der Waals surface area contributed by atoms with E-state index in [1.165, 1.54) is 5.56 Å². The van der Waals surface area contributed by atoms with E-state index in [-0.39, 0.29) is 11.8 Å². The molecular formula is C23H38N2O2S. The summed E-state index contributed by atoms with van der Waals surface area (Å²) in [6, 6.07) is 4.13. The molecule has 28 heavy (non-hydrogen) atoms. The molecular weight excluding hydrogens is 368 g/mol. The van der Waals surface area contributed by atoms with Gasteiger partial charge in [-0.3, -0.25) is 0 Å². The van der Waals surface area contributed by atoms with E-state index in [0.717, 1.165) is 36.1 Å². The summed E-state index contributed by atoms with van der Waals surface area (Å²) in [4.78, 5) is 3.02. The van der Waals surface area contributed by atoms with E-state index in [9.17, 15) is 8.42 Å². The maximum Gasteiger partial charge on any atom is 0.277 e. The molecule has 4 nitrogen and oxygen atoms in total. The lowest BCUT2D eigenvalue weighted by atomic mass is 9.89. The van der Waals surface area contributed by atoms with E-state index in [4.69, 9.17) is 0 Å². The number of hydrazone groups is 1. The molecule has 1 unspecified atom stereocenters. The summed E-state index contributed by atoms with van der Waals surface area (Å²) in [7, 11) is -3.73. The highest BCUT2D eigenvalue weighted by Gasteiger charge is 2.29. The van der Waals surface area contributed by atoms with Crippen LogP contribution in [0.25, 0.3) is 0 Å². The summed E-state index contributed by atoms with van der Waals surface area (Å²) in [6.07, 6.45) is 3.06. The first-order valence-corrected chi connectivity index (χ1v) is 12.2. The van der Waals surface area contributed by atoms with E-state index in [1.54, 1.807) is 0 Å². The molecule has 0 spiro atoms. The van der Waals surface area contributed by atoms with Gasteiger partial charge in [0.1, 0.15) is 0 Å². The fourth-order valence-corrected chi connectivity index (χ4v) is 5.61. The first kappa shape index (κ1) is 22.9. The highest BCUT2D eigenvalue weighted by molar-refractivity contribution is 7.89.